The third-order valence-electron chi connectivity index (χ3n) is 4.93. The van der Waals surface area contributed by atoms with Crippen molar-refractivity contribution < 1.29 is 4.79 Å². The number of carbonyl (C=O) groups excluding carboxylic acids is 1. The number of rotatable bonds is 4. The van der Waals surface area contributed by atoms with Crippen LogP contribution >= 0.6 is 0 Å². The molecule has 0 radical (unpaired) electrons. The molecule has 4 N–H and O–H groups in total. The molecule has 1 amide bonds. The molecule has 3 rings (SSSR count). The smallest absolute Gasteiger partial charge is 0.248 e. The van der Waals surface area contributed by atoms with Gasteiger partial charge in [-0.2, -0.15) is 0 Å². The van der Waals surface area contributed by atoms with E-state index in [9.17, 15) is 4.79 Å². The van der Waals surface area contributed by atoms with Crippen molar-refractivity contribution in [1.82, 2.24) is 5.32 Å². The maximum atomic E-state index is 11.3. The van der Waals surface area contributed by atoms with E-state index in [1.807, 2.05) is 18.2 Å². The van der Waals surface area contributed by atoms with Crippen molar-refractivity contribution in [3.8, 4) is 0 Å². The summed E-state index contributed by atoms with van der Waals surface area (Å²) in [5.74, 6) is 0.329. The van der Waals surface area contributed by atoms with Gasteiger partial charge in [0, 0.05) is 23.3 Å². The molecule has 1 heterocycles. The van der Waals surface area contributed by atoms with Crippen LogP contribution in [0.15, 0.2) is 24.3 Å². The largest absolute Gasteiger partial charge is 0.382 e. The molecule has 2 fully saturated rings. The summed E-state index contributed by atoms with van der Waals surface area (Å²) in [7, 11) is 0. The van der Waals surface area contributed by atoms with Crippen LogP contribution in [0.3, 0.4) is 0 Å². The normalized spacial score (nSPS) is 29.2. The number of anilines is 1. The van der Waals surface area contributed by atoms with Crippen LogP contribution in [0.25, 0.3) is 0 Å². The van der Waals surface area contributed by atoms with E-state index in [1.54, 1.807) is 6.07 Å². The zero-order valence-corrected chi connectivity index (χ0v) is 12.5. The van der Waals surface area contributed by atoms with E-state index >= 15 is 0 Å². The van der Waals surface area contributed by atoms with E-state index < -0.39 is 0 Å². The lowest BCUT2D eigenvalue weighted by atomic mass is 9.79. The van der Waals surface area contributed by atoms with Crippen molar-refractivity contribution in [1.29, 1.82) is 0 Å². The summed E-state index contributed by atoms with van der Waals surface area (Å²) >= 11 is 0. The molecule has 1 aliphatic heterocycles. The molecule has 1 aromatic carbocycles. The maximum absolute atomic E-state index is 11.3. The molecular weight excluding hydrogens is 262 g/mol. The lowest BCUT2D eigenvalue weighted by Gasteiger charge is -2.36. The number of benzene rings is 1. The van der Waals surface area contributed by atoms with E-state index in [4.69, 9.17) is 5.73 Å². The van der Waals surface area contributed by atoms with Gasteiger partial charge in [-0.25, -0.2) is 0 Å². The molecule has 0 aromatic heterocycles. The Morgan fingerprint density at radius 2 is 2.05 bits per heavy atom. The fourth-order valence-corrected chi connectivity index (χ4v) is 3.87. The van der Waals surface area contributed by atoms with Crippen molar-refractivity contribution in [3.05, 3.63) is 29.8 Å². The van der Waals surface area contributed by atoms with Gasteiger partial charge in [-0.3, -0.25) is 4.79 Å². The fourth-order valence-electron chi connectivity index (χ4n) is 3.87. The van der Waals surface area contributed by atoms with Gasteiger partial charge in [0.25, 0.3) is 0 Å². The molecule has 1 aliphatic carbocycles. The van der Waals surface area contributed by atoms with Crippen LogP contribution < -0.4 is 16.4 Å². The van der Waals surface area contributed by atoms with Crippen LogP contribution in [-0.2, 0) is 0 Å². The van der Waals surface area contributed by atoms with Gasteiger partial charge in [-0.1, -0.05) is 18.9 Å². The van der Waals surface area contributed by atoms with Crippen LogP contribution in [-0.4, -0.2) is 24.5 Å². The second-order valence-corrected chi connectivity index (χ2v) is 6.35. The molecule has 0 bridgehead atoms. The predicted octanol–water partition coefficient (Wildman–Crippen LogP) is 2.51. The highest BCUT2D eigenvalue weighted by Gasteiger charge is 2.33. The van der Waals surface area contributed by atoms with Gasteiger partial charge in [0.05, 0.1) is 0 Å². The maximum Gasteiger partial charge on any atom is 0.248 e. The van der Waals surface area contributed by atoms with Crippen molar-refractivity contribution in [3.63, 3.8) is 0 Å². The van der Waals surface area contributed by atoms with Crippen molar-refractivity contribution in [2.45, 2.75) is 50.6 Å². The highest BCUT2D eigenvalue weighted by Crippen LogP contribution is 2.32. The number of primary amides is 1. The van der Waals surface area contributed by atoms with E-state index in [0.717, 1.165) is 12.2 Å². The van der Waals surface area contributed by atoms with Crippen molar-refractivity contribution in [2.24, 2.45) is 11.7 Å². The third kappa shape index (κ3) is 3.38. The third-order valence-corrected chi connectivity index (χ3v) is 4.93. The minimum Gasteiger partial charge on any atom is -0.382 e. The Labute approximate surface area is 126 Å². The van der Waals surface area contributed by atoms with Gasteiger partial charge in [0.2, 0.25) is 5.91 Å². The van der Waals surface area contributed by atoms with Crippen molar-refractivity contribution >= 4 is 11.6 Å². The second kappa shape index (κ2) is 6.48. The topological polar surface area (TPSA) is 67.2 Å². The number of hydrogen-bond donors (Lipinski definition) is 3. The molecule has 0 spiro atoms. The number of amides is 1. The standard InChI is InChI=1S/C17H25N3O/c18-17(21)12-5-3-6-13(11-12)20-16-8-2-1-7-14(16)15-9-4-10-19-15/h3,5-6,11,14-16,19-20H,1-2,4,7-10H2,(H2,18,21). The summed E-state index contributed by atoms with van der Waals surface area (Å²) in [6.07, 6.45) is 7.72. The summed E-state index contributed by atoms with van der Waals surface area (Å²) in [6, 6.07) is 8.72. The Morgan fingerprint density at radius 3 is 2.81 bits per heavy atom. The monoisotopic (exact) mass is 287 g/mol. The Morgan fingerprint density at radius 1 is 1.19 bits per heavy atom. The molecule has 1 saturated carbocycles. The van der Waals surface area contributed by atoms with Gasteiger partial charge in [-0.15, -0.1) is 0 Å². The van der Waals surface area contributed by atoms with E-state index in [0.29, 0.717) is 23.6 Å². The van der Waals surface area contributed by atoms with E-state index in [-0.39, 0.29) is 5.91 Å². The molecule has 2 aliphatic rings. The first-order chi connectivity index (χ1) is 10.2. The second-order valence-electron chi connectivity index (χ2n) is 6.35. The Hall–Kier alpha value is -1.55. The average molecular weight is 287 g/mol. The zero-order chi connectivity index (χ0) is 14.7. The van der Waals surface area contributed by atoms with Crippen LogP contribution in [0.5, 0.6) is 0 Å². The highest BCUT2D eigenvalue weighted by atomic mass is 16.1. The SMILES string of the molecule is NC(=O)c1cccc(NC2CCCCC2C2CCCN2)c1. The summed E-state index contributed by atoms with van der Waals surface area (Å²) < 4.78 is 0. The number of hydrogen-bond acceptors (Lipinski definition) is 3. The average Bonchev–Trinajstić information content (AvgIpc) is 3.02. The van der Waals surface area contributed by atoms with Gasteiger partial charge in [0.1, 0.15) is 0 Å². The molecular formula is C17H25N3O. The number of nitrogens with two attached hydrogens (primary N) is 1. The summed E-state index contributed by atoms with van der Waals surface area (Å²) in [4.78, 5) is 11.3. The molecule has 114 valence electrons. The molecule has 1 saturated heterocycles. The zero-order valence-electron chi connectivity index (χ0n) is 12.5. The predicted molar refractivity (Wildman–Crippen MR) is 85.4 cm³/mol. The molecule has 21 heavy (non-hydrogen) atoms. The molecule has 3 unspecified atom stereocenters. The van der Waals surface area contributed by atoms with Crippen LogP contribution in [0, 0.1) is 5.92 Å². The summed E-state index contributed by atoms with van der Waals surface area (Å²) in [5, 5.41) is 7.31. The first-order valence-electron chi connectivity index (χ1n) is 8.14. The quantitative estimate of drug-likeness (QED) is 0.797. The Bertz CT molecular complexity index is 497. The minimum atomic E-state index is -0.365. The molecule has 4 heteroatoms. The summed E-state index contributed by atoms with van der Waals surface area (Å²) in [6.45, 7) is 1.16. The first kappa shape index (κ1) is 14.4. The molecule has 1 aromatic rings. The van der Waals surface area contributed by atoms with Crippen LogP contribution in [0.2, 0.25) is 0 Å². The molecule has 3 atom stereocenters. The molecule has 4 nitrogen and oxygen atoms in total. The van der Waals surface area contributed by atoms with E-state index in [1.165, 1.54) is 38.5 Å². The minimum absolute atomic E-state index is 0.365. The van der Waals surface area contributed by atoms with Crippen LogP contribution in [0.4, 0.5) is 5.69 Å². The van der Waals surface area contributed by atoms with E-state index in [2.05, 4.69) is 10.6 Å². The summed E-state index contributed by atoms with van der Waals surface area (Å²) in [5.41, 5.74) is 6.96. The number of nitrogens with one attached hydrogen (secondary N) is 2. The fraction of sp³-hybridized carbons (Fsp3) is 0.588. The van der Waals surface area contributed by atoms with Crippen molar-refractivity contribution in [2.75, 3.05) is 11.9 Å². The number of carbonyl (C=O) groups is 1. The first-order valence-corrected chi connectivity index (χ1v) is 8.14. The van der Waals surface area contributed by atoms with Gasteiger partial charge < -0.3 is 16.4 Å². The highest BCUT2D eigenvalue weighted by molar-refractivity contribution is 5.93. The Balaban J connectivity index is 1.71. The van der Waals surface area contributed by atoms with Gasteiger partial charge in [0.15, 0.2) is 0 Å². The van der Waals surface area contributed by atoms with Gasteiger partial charge in [-0.05, 0) is 56.3 Å². The van der Waals surface area contributed by atoms with Crippen LogP contribution in [0.1, 0.15) is 48.9 Å². The Kier molecular flexibility index (Phi) is 4.44. The van der Waals surface area contributed by atoms with Gasteiger partial charge >= 0.3 is 0 Å². The lowest BCUT2D eigenvalue weighted by Crippen LogP contribution is -2.43. The lowest BCUT2D eigenvalue weighted by molar-refractivity contribution is 0.100.